The highest BCUT2D eigenvalue weighted by Crippen LogP contribution is 2.20. The normalized spacial score (nSPS) is 10.6. The summed E-state index contributed by atoms with van der Waals surface area (Å²) in [5.41, 5.74) is 5.66. The number of ketones is 1. The summed E-state index contributed by atoms with van der Waals surface area (Å²) in [5, 5.41) is 0. The summed E-state index contributed by atoms with van der Waals surface area (Å²) in [6, 6.07) is 16.5. The van der Waals surface area contributed by atoms with Gasteiger partial charge in [0.1, 0.15) is 5.78 Å². The number of aryl methyl sites for hydroxylation is 2. The van der Waals surface area contributed by atoms with Crippen molar-refractivity contribution in [2.75, 3.05) is 0 Å². The highest BCUT2D eigenvalue weighted by atomic mass is 16.1. The maximum absolute atomic E-state index is 12.0. The van der Waals surface area contributed by atoms with Gasteiger partial charge in [-0.2, -0.15) is 0 Å². The molecule has 126 valence electrons. The van der Waals surface area contributed by atoms with E-state index in [4.69, 9.17) is 0 Å². The van der Waals surface area contributed by atoms with Crippen LogP contribution in [-0.4, -0.2) is 15.8 Å². The minimum Gasteiger partial charge on any atom is -0.299 e. The first-order valence-corrected chi connectivity index (χ1v) is 8.63. The number of hydrogen-bond donors (Lipinski definition) is 0. The molecule has 0 aliphatic carbocycles. The van der Waals surface area contributed by atoms with E-state index in [2.05, 4.69) is 40.3 Å². The molecule has 0 aliphatic rings. The molecule has 0 atom stereocenters. The van der Waals surface area contributed by atoms with Crippen LogP contribution in [0, 0.1) is 6.92 Å². The number of Topliss-reactive ketones (excluding diaryl/α,β-unsaturated/α-hetero) is 1. The summed E-state index contributed by atoms with van der Waals surface area (Å²) in [6.45, 7) is 2.00. The van der Waals surface area contributed by atoms with Crippen molar-refractivity contribution in [1.82, 2.24) is 9.97 Å². The molecule has 0 unspecified atom stereocenters. The summed E-state index contributed by atoms with van der Waals surface area (Å²) in [6.07, 6.45) is 8.23. The molecular formula is C22H22N2O. The molecule has 2 heterocycles. The number of rotatable bonds is 7. The van der Waals surface area contributed by atoms with Crippen molar-refractivity contribution >= 4 is 5.78 Å². The average molecular weight is 330 g/mol. The van der Waals surface area contributed by atoms with E-state index >= 15 is 0 Å². The lowest BCUT2D eigenvalue weighted by Gasteiger charge is -2.05. The van der Waals surface area contributed by atoms with Gasteiger partial charge in [-0.05, 0) is 60.2 Å². The fourth-order valence-corrected chi connectivity index (χ4v) is 2.90. The minimum absolute atomic E-state index is 0.275. The Balaban J connectivity index is 1.50. The van der Waals surface area contributed by atoms with E-state index in [0.717, 1.165) is 24.1 Å². The zero-order chi connectivity index (χ0) is 17.5. The number of aromatic nitrogens is 2. The third-order valence-electron chi connectivity index (χ3n) is 4.23. The standard InChI is InChI=1S/C22H22N2O/c1-17-14-21(11-13-24-17)20-9-7-18(8-10-20)4-2-6-22(25)15-19-5-3-12-23-16-19/h3,5,7-14,16H,2,4,6,15H2,1H3. The number of nitrogens with zero attached hydrogens (tertiary/aromatic N) is 2. The molecule has 3 heteroatoms. The third-order valence-corrected chi connectivity index (χ3v) is 4.23. The van der Waals surface area contributed by atoms with Crippen molar-refractivity contribution in [3.63, 3.8) is 0 Å². The zero-order valence-corrected chi connectivity index (χ0v) is 14.5. The predicted molar refractivity (Wildman–Crippen MR) is 100 cm³/mol. The Morgan fingerprint density at radius 3 is 2.52 bits per heavy atom. The predicted octanol–water partition coefficient (Wildman–Crippen LogP) is 4.59. The van der Waals surface area contributed by atoms with Crippen LogP contribution in [0.4, 0.5) is 0 Å². The lowest BCUT2D eigenvalue weighted by atomic mass is 10.0. The van der Waals surface area contributed by atoms with E-state index in [-0.39, 0.29) is 5.78 Å². The molecule has 0 saturated heterocycles. The molecule has 1 aromatic carbocycles. The number of carbonyl (C=O) groups excluding carboxylic acids is 1. The zero-order valence-electron chi connectivity index (χ0n) is 14.5. The van der Waals surface area contributed by atoms with Crippen molar-refractivity contribution in [3.8, 4) is 11.1 Å². The quantitative estimate of drug-likeness (QED) is 0.636. The van der Waals surface area contributed by atoms with Crippen LogP contribution < -0.4 is 0 Å². The molecule has 0 bridgehead atoms. The van der Waals surface area contributed by atoms with Gasteiger partial charge in [0.25, 0.3) is 0 Å². The molecule has 0 radical (unpaired) electrons. The van der Waals surface area contributed by atoms with Gasteiger partial charge in [-0.15, -0.1) is 0 Å². The summed E-state index contributed by atoms with van der Waals surface area (Å²) >= 11 is 0. The average Bonchev–Trinajstić information content (AvgIpc) is 2.63. The molecule has 0 spiro atoms. The fraction of sp³-hybridized carbons (Fsp3) is 0.227. The van der Waals surface area contributed by atoms with Crippen LogP contribution in [0.1, 0.15) is 29.7 Å². The highest BCUT2D eigenvalue weighted by molar-refractivity contribution is 5.80. The van der Waals surface area contributed by atoms with E-state index in [1.807, 2.05) is 31.3 Å². The SMILES string of the molecule is Cc1cc(-c2ccc(CCCC(=O)Cc3cccnc3)cc2)ccn1. The second-order valence-electron chi connectivity index (χ2n) is 6.31. The highest BCUT2D eigenvalue weighted by Gasteiger charge is 2.05. The summed E-state index contributed by atoms with van der Waals surface area (Å²) in [5.74, 6) is 0.275. The van der Waals surface area contributed by atoms with Crippen molar-refractivity contribution in [2.45, 2.75) is 32.6 Å². The van der Waals surface area contributed by atoms with E-state index in [1.54, 1.807) is 12.4 Å². The first-order chi connectivity index (χ1) is 12.2. The Morgan fingerprint density at radius 2 is 1.80 bits per heavy atom. The number of pyridine rings is 2. The van der Waals surface area contributed by atoms with Gasteiger partial charge in [-0.1, -0.05) is 30.3 Å². The Kier molecular flexibility index (Phi) is 5.68. The number of benzene rings is 1. The number of hydrogen-bond acceptors (Lipinski definition) is 3. The first-order valence-electron chi connectivity index (χ1n) is 8.63. The second kappa shape index (κ2) is 8.34. The van der Waals surface area contributed by atoms with Crippen LogP contribution >= 0.6 is 0 Å². The molecule has 2 aromatic heterocycles. The maximum atomic E-state index is 12.0. The molecule has 3 rings (SSSR count). The van der Waals surface area contributed by atoms with Gasteiger partial charge in [0.2, 0.25) is 0 Å². The van der Waals surface area contributed by atoms with Crippen molar-refractivity contribution < 1.29 is 4.79 Å². The Hall–Kier alpha value is -2.81. The Bertz CT molecular complexity index is 826. The van der Waals surface area contributed by atoms with E-state index in [1.165, 1.54) is 16.7 Å². The molecular weight excluding hydrogens is 308 g/mol. The first kappa shape index (κ1) is 17.0. The Labute approximate surface area is 148 Å². The monoisotopic (exact) mass is 330 g/mol. The van der Waals surface area contributed by atoms with E-state index < -0.39 is 0 Å². The van der Waals surface area contributed by atoms with Crippen LogP contribution in [0.2, 0.25) is 0 Å². The lowest BCUT2D eigenvalue weighted by molar-refractivity contribution is -0.118. The van der Waals surface area contributed by atoms with E-state index in [0.29, 0.717) is 12.8 Å². The molecule has 0 saturated carbocycles. The molecule has 0 aliphatic heterocycles. The van der Waals surface area contributed by atoms with Gasteiger partial charge < -0.3 is 0 Å². The van der Waals surface area contributed by atoms with Gasteiger partial charge in [0.05, 0.1) is 0 Å². The smallest absolute Gasteiger partial charge is 0.137 e. The van der Waals surface area contributed by atoms with Gasteiger partial charge in [0.15, 0.2) is 0 Å². The molecule has 3 aromatic rings. The van der Waals surface area contributed by atoms with Crippen molar-refractivity contribution in [3.05, 3.63) is 83.9 Å². The van der Waals surface area contributed by atoms with Crippen molar-refractivity contribution in [2.24, 2.45) is 0 Å². The fourth-order valence-electron chi connectivity index (χ4n) is 2.90. The topological polar surface area (TPSA) is 42.9 Å². The molecule has 0 fully saturated rings. The summed E-state index contributed by atoms with van der Waals surface area (Å²) in [7, 11) is 0. The molecule has 0 N–H and O–H groups in total. The largest absolute Gasteiger partial charge is 0.299 e. The summed E-state index contributed by atoms with van der Waals surface area (Å²) in [4.78, 5) is 20.3. The van der Waals surface area contributed by atoms with Gasteiger partial charge in [-0.3, -0.25) is 14.8 Å². The van der Waals surface area contributed by atoms with Crippen molar-refractivity contribution in [1.29, 1.82) is 0 Å². The van der Waals surface area contributed by atoms with Gasteiger partial charge in [0, 0.05) is 37.1 Å². The van der Waals surface area contributed by atoms with Crippen LogP contribution in [0.3, 0.4) is 0 Å². The van der Waals surface area contributed by atoms with Crippen LogP contribution in [-0.2, 0) is 17.6 Å². The lowest BCUT2D eigenvalue weighted by Crippen LogP contribution is -2.03. The third kappa shape index (κ3) is 5.08. The maximum Gasteiger partial charge on any atom is 0.137 e. The van der Waals surface area contributed by atoms with Crippen LogP contribution in [0.25, 0.3) is 11.1 Å². The van der Waals surface area contributed by atoms with Gasteiger partial charge in [-0.25, -0.2) is 0 Å². The molecule has 25 heavy (non-hydrogen) atoms. The minimum atomic E-state index is 0.275. The van der Waals surface area contributed by atoms with E-state index in [9.17, 15) is 4.79 Å². The van der Waals surface area contributed by atoms with Crippen LogP contribution in [0.15, 0.2) is 67.1 Å². The van der Waals surface area contributed by atoms with Crippen LogP contribution in [0.5, 0.6) is 0 Å². The second-order valence-corrected chi connectivity index (χ2v) is 6.31. The molecule has 3 nitrogen and oxygen atoms in total. The Morgan fingerprint density at radius 1 is 0.960 bits per heavy atom. The number of carbonyl (C=O) groups is 1. The van der Waals surface area contributed by atoms with Gasteiger partial charge >= 0.3 is 0 Å². The molecule has 0 amide bonds. The summed E-state index contributed by atoms with van der Waals surface area (Å²) < 4.78 is 0.